The van der Waals surface area contributed by atoms with Crippen molar-refractivity contribution in [2.45, 2.75) is 43.0 Å². The van der Waals surface area contributed by atoms with Gasteiger partial charge in [0.1, 0.15) is 5.82 Å². The molecule has 194 valence electrons. The van der Waals surface area contributed by atoms with Crippen LogP contribution in [0.3, 0.4) is 0 Å². The Bertz CT molecular complexity index is 1420. The lowest BCUT2D eigenvalue weighted by atomic mass is 9.94. The molecule has 3 aromatic rings. The minimum Gasteiger partial charge on any atom is -0.454 e. The fourth-order valence-electron chi connectivity index (χ4n) is 4.32. The number of hydrogen-bond donors (Lipinski definition) is 3. The van der Waals surface area contributed by atoms with E-state index in [9.17, 15) is 18.3 Å². The number of hydrogen-bond acceptors (Lipinski definition) is 7. The van der Waals surface area contributed by atoms with E-state index in [1.54, 1.807) is 30.3 Å². The topological polar surface area (TPSA) is 127 Å². The molecule has 37 heavy (non-hydrogen) atoms. The maximum Gasteiger partial charge on any atom is 0.240 e. The first-order valence-corrected chi connectivity index (χ1v) is 13.6. The summed E-state index contributed by atoms with van der Waals surface area (Å²) in [5.41, 5.74) is 1.56. The van der Waals surface area contributed by atoms with Crippen LogP contribution in [0.5, 0.6) is 11.5 Å². The quantitative estimate of drug-likeness (QED) is 0.392. The molecule has 10 heteroatoms. The van der Waals surface area contributed by atoms with Crippen LogP contribution in [0.2, 0.25) is 0 Å². The number of fused-ring (bicyclic) bond motifs is 1. The molecule has 0 bridgehead atoms. The average Bonchev–Trinajstić information content (AvgIpc) is 3.58. The van der Waals surface area contributed by atoms with Crippen LogP contribution in [-0.4, -0.2) is 43.9 Å². The number of sulfonamides is 1. The average molecular weight is 524 g/mol. The highest BCUT2D eigenvalue weighted by Gasteiger charge is 2.51. The molecule has 2 aliphatic rings. The van der Waals surface area contributed by atoms with Gasteiger partial charge in [0.2, 0.25) is 22.7 Å². The van der Waals surface area contributed by atoms with Gasteiger partial charge < -0.3 is 19.9 Å². The fourth-order valence-corrected chi connectivity index (χ4v) is 5.70. The third-order valence-electron chi connectivity index (χ3n) is 6.87. The van der Waals surface area contributed by atoms with Gasteiger partial charge in [0, 0.05) is 11.6 Å². The van der Waals surface area contributed by atoms with Gasteiger partial charge in [-0.3, -0.25) is 4.79 Å². The van der Waals surface area contributed by atoms with E-state index in [1.165, 1.54) is 12.1 Å². The molecule has 1 atom stereocenters. The van der Waals surface area contributed by atoms with Crippen molar-refractivity contribution < 1.29 is 27.8 Å². The van der Waals surface area contributed by atoms with Crippen molar-refractivity contribution in [1.29, 1.82) is 0 Å². The van der Waals surface area contributed by atoms with Crippen LogP contribution in [0.25, 0.3) is 11.3 Å². The minimum absolute atomic E-state index is 0.0546. The summed E-state index contributed by atoms with van der Waals surface area (Å²) in [6.07, 6.45) is 1.46. The summed E-state index contributed by atoms with van der Waals surface area (Å²) in [6, 6.07) is 16.7. The van der Waals surface area contributed by atoms with E-state index in [0.717, 1.165) is 18.4 Å². The van der Waals surface area contributed by atoms with Crippen molar-refractivity contribution in [1.82, 2.24) is 9.71 Å². The monoisotopic (exact) mass is 523 g/mol. The molecule has 0 spiro atoms. The summed E-state index contributed by atoms with van der Waals surface area (Å²) in [5.74, 6) is 1.55. The highest BCUT2D eigenvalue weighted by molar-refractivity contribution is 7.89. The second kappa shape index (κ2) is 9.77. The number of aliphatic hydroxyl groups excluding tert-OH is 1. The molecule has 9 nitrogen and oxygen atoms in total. The zero-order valence-corrected chi connectivity index (χ0v) is 21.4. The molecule has 2 heterocycles. The number of nitrogens with one attached hydrogen (secondary N) is 2. The molecule has 1 fully saturated rings. The summed E-state index contributed by atoms with van der Waals surface area (Å²) in [7, 11) is -3.78. The zero-order valence-electron chi connectivity index (χ0n) is 20.6. The van der Waals surface area contributed by atoms with Crippen LogP contribution in [-0.2, 0) is 20.2 Å². The van der Waals surface area contributed by atoms with E-state index < -0.39 is 21.5 Å². The van der Waals surface area contributed by atoms with Crippen LogP contribution < -0.4 is 19.5 Å². The number of rotatable bonds is 9. The Morgan fingerprint density at radius 3 is 2.46 bits per heavy atom. The molecule has 0 unspecified atom stereocenters. The normalized spacial score (nSPS) is 16.4. The van der Waals surface area contributed by atoms with Gasteiger partial charge in [-0.2, -0.15) is 0 Å². The standard InChI is InChI=1S/C27H29N3O6S/c1-17(2)22(15-31)30-37(33,34)20-9-6-18(7-10-20)21-4-3-5-25(28-21)29-26(32)27(12-13-27)19-8-11-23-24(14-19)36-16-35-23/h3-11,14,17,22,30-31H,12-13,15-16H2,1-2H3,(H,28,29,32)/t22-/m0/s1. The van der Waals surface area contributed by atoms with Crippen LogP contribution in [0.4, 0.5) is 5.82 Å². The molecular weight excluding hydrogens is 494 g/mol. The Morgan fingerprint density at radius 2 is 1.78 bits per heavy atom. The first-order valence-electron chi connectivity index (χ1n) is 12.1. The minimum atomic E-state index is -3.78. The maximum absolute atomic E-state index is 13.2. The smallest absolute Gasteiger partial charge is 0.240 e. The predicted molar refractivity (Wildman–Crippen MR) is 138 cm³/mol. The van der Waals surface area contributed by atoms with Crippen LogP contribution >= 0.6 is 0 Å². The van der Waals surface area contributed by atoms with Gasteiger partial charge in [0.15, 0.2) is 11.5 Å². The fraction of sp³-hybridized carbons (Fsp3) is 0.333. The summed E-state index contributed by atoms with van der Waals surface area (Å²) in [6.45, 7) is 3.57. The van der Waals surface area contributed by atoms with E-state index in [2.05, 4.69) is 15.0 Å². The Balaban J connectivity index is 1.31. The SMILES string of the molecule is CC(C)[C@H](CO)NS(=O)(=O)c1ccc(-c2cccc(NC(=O)C3(c4ccc5c(c4)OCO5)CC3)n2)cc1. The van der Waals surface area contributed by atoms with Crippen molar-refractivity contribution in [2.24, 2.45) is 5.92 Å². The van der Waals surface area contributed by atoms with Crippen molar-refractivity contribution in [2.75, 3.05) is 18.7 Å². The van der Waals surface area contributed by atoms with E-state index >= 15 is 0 Å². The zero-order chi connectivity index (χ0) is 26.2. The van der Waals surface area contributed by atoms with Crippen LogP contribution in [0, 0.1) is 5.92 Å². The van der Waals surface area contributed by atoms with E-state index in [0.29, 0.717) is 28.6 Å². The van der Waals surface area contributed by atoms with E-state index in [4.69, 9.17) is 9.47 Å². The predicted octanol–water partition coefficient (Wildman–Crippen LogP) is 3.44. The Hall–Kier alpha value is -3.47. The number of nitrogens with zero attached hydrogens (tertiary/aromatic N) is 1. The van der Waals surface area contributed by atoms with Crippen molar-refractivity contribution in [3.63, 3.8) is 0 Å². The largest absolute Gasteiger partial charge is 0.454 e. The third kappa shape index (κ3) is 5.04. The van der Waals surface area contributed by atoms with Gasteiger partial charge in [0.05, 0.1) is 22.6 Å². The summed E-state index contributed by atoms with van der Waals surface area (Å²) >= 11 is 0. The lowest BCUT2D eigenvalue weighted by molar-refractivity contribution is -0.118. The van der Waals surface area contributed by atoms with Crippen molar-refractivity contribution >= 4 is 21.7 Å². The summed E-state index contributed by atoms with van der Waals surface area (Å²) in [5, 5.41) is 12.4. The van der Waals surface area contributed by atoms with E-state index in [-0.39, 0.29) is 30.1 Å². The van der Waals surface area contributed by atoms with Gasteiger partial charge in [-0.1, -0.05) is 38.1 Å². The number of carbonyl (C=O) groups is 1. The molecule has 1 saturated carbocycles. The lowest BCUT2D eigenvalue weighted by Gasteiger charge is -2.20. The Kier molecular flexibility index (Phi) is 6.65. The van der Waals surface area contributed by atoms with Gasteiger partial charge in [-0.05, 0) is 60.7 Å². The lowest BCUT2D eigenvalue weighted by Crippen LogP contribution is -2.41. The number of ether oxygens (including phenoxy) is 2. The number of anilines is 1. The Morgan fingerprint density at radius 1 is 1.05 bits per heavy atom. The highest BCUT2D eigenvalue weighted by Crippen LogP contribution is 2.51. The molecule has 1 amide bonds. The number of carbonyl (C=O) groups excluding carboxylic acids is 1. The number of benzene rings is 2. The maximum atomic E-state index is 13.2. The van der Waals surface area contributed by atoms with Crippen LogP contribution in [0.1, 0.15) is 32.3 Å². The number of aliphatic hydroxyl groups is 1. The highest BCUT2D eigenvalue weighted by atomic mass is 32.2. The molecule has 2 aromatic carbocycles. The first kappa shape index (κ1) is 25.2. The molecule has 5 rings (SSSR count). The van der Waals surface area contributed by atoms with Crippen molar-refractivity contribution in [3.8, 4) is 22.8 Å². The number of aromatic nitrogens is 1. The summed E-state index contributed by atoms with van der Waals surface area (Å²) < 4.78 is 38.8. The molecule has 3 N–H and O–H groups in total. The second-order valence-corrected chi connectivity index (χ2v) is 11.4. The van der Waals surface area contributed by atoms with E-state index in [1.807, 2.05) is 32.0 Å². The molecule has 1 aromatic heterocycles. The van der Waals surface area contributed by atoms with Gasteiger partial charge >= 0.3 is 0 Å². The molecule has 1 aliphatic heterocycles. The molecular formula is C27H29N3O6S. The third-order valence-corrected chi connectivity index (χ3v) is 8.37. The van der Waals surface area contributed by atoms with Crippen molar-refractivity contribution in [3.05, 3.63) is 66.2 Å². The van der Waals surface area contributed by atoms with Crippen LogP contribution in [0.15, 0.2) is 65.6 Å². The van der Waals surface area contributed by atoms with Gasteiger partial charge in [-0.25, -0.2) is 18.1 Å². The van der Waals surface area contributed by atoms with Gasteiger partial charge in [0.25, 0.3) is 0 Å². The molecule has 0 saturated heterocycles. The molecule has 0 radical (unpaired) electrons. The number of pyridine rings is 1. The number of amides is 1. The summed E-state index contributed by atoms with van der Waals surface area (Å²) in [4.78, 5) is 17.9. The molecule has 1 aliphatic carbocycles. The second-order valence-electron chi connectivity index (χ2n) is 9.69. The Labute approximate surface area is 215 Å². The van der Waals surface area contributed by atoms with Gasteiger partial charge in [-0.15, -0.1) is 0 Å². The first-order chi connectivity index (χ1) is 17.7.